The van der Waals surface area contributed by atoms with E-state index in [2.05, 4.69) is 6.07 Å². The molecule has 3 rings (SSSR count). The molecule has 0 unspecified atom stereocenters. The van der Waals surface area contributed by atoms with Crippen molar-refractivity contribution in [2.24, 2.45) is 0 Å². The standard InChI is InChI=1S/C16H15FN2O/c17-14-6-5-12(9-15(14)18)16(20)19-8-7-11-3-1-2-4-13(11)10-19/h1-6,9H,7-8,10,18H2. The predicted molar refractivity (Wildman–Crippen MR) is 75.7 cm³/mol. The van der Waals surface area contributed by atoms with Gasteiger partial charge in [-0.25, -0.2) is 4.39 Å². The van der Waals surface area contributed by atoms with Crippen LogP contribution < -0.4 is 5.73 Å². The lowest BCUT2D eigenvalue weighted by molar-refractivity contribution is 0.0734. The quantitative estimate of drug-likeness (QED) is 0.810. The summed E-state index contributed by atoms with van der Waals surface area (Å²) in [6.45, 7) is 1.26. The second-order valence-corrected chi connectivity index (χ2v) is 4.98. The van der Waals surface area contributed by atoms with Gasteiger partial charge in [0.15, 0.2) is 0 Å². The summed E-state index contributed by atoms with van der Waals surface area (Å²) in [7, 11) is 0. The Labute approximate surface area is 116 Å². The third kappa shape index (κ3) is 2.25. The average molecular weight is 270 g/mol. The van der Waals surface area contributed by atoms with Crippen molar-refractivity contribution in [2.75, 3.05) is 12.3 Å². The van der Waals surface area contributed by atoms with E-state index in [1.54, 1.807) is 4.90 Å². The van der Waals surface area contributed by atoms with Gasteiger partial charge in [-0.3, -0.25) is 4.79 Å². The fourth-order valence-electron chi connectivity index (χ4n) is 2.53. The van der Waals surface area contributed by atoms with E-state index in [1.165, 1.54) is 29.3 Å². The lowest BCUT2D eigenvalue weighted by atomic mass is 9.99. The Balaban J connectivity index is 1.84. The van der Waals surface area contributed by atoms with Crippen LogP contribution >= 0.6 is 0 Å². The summed E-state index contributed by atoms with van der Waals surface area (Å²) in [6, 6.07) is 12.2. The first kappa shape index (κ1) is 12.7. The zero-order valence-corrected chi connectivity index (χ0v) is 11.0. The molecular formula is C16H15FN2O. The van der Waals surface area contributed by atoms with Crippen molar-refractivity contribution in [3.8, 4) is 0 Å². The lowest BCUT2D eigenvalue weighted by Gasteiger charge is -2.29. The number of nitrogens with two attached hydrogens (primary N) is 1. The Morgan fingerprint density at radius 1 is 1.15 bits per heavy atom. The van der Waals surface area contributed by atoms with Gasteiger partial charge >= 0.3 is 0 Å². The highest BCUT2D eigenvalue weighted by Crippen LogP contribution is 2.21. The zero-order valence-electron chi connectivity index (χ0n) is 11.0. The SMILES string of the molecule is Nc1cc(C(=O)N2CCc3ccccc3C2)ccc1F. The van der Waals surface area contributed by atoms with E-state index >= 15 is 0 Å². The second-order valence-electron chi connectivity index (χ2n) is 4.98. The van der Waals surface area contributed by atoms with Crippen LogP contribution in [0.3, 0.4) is 0 Å². The average Bonchev–Trinajstić information content (AvgIpc) is 2.49. The highest BCUT2D eigenvalue weighted by molar-refractivity contribution is 5.95. The first-order valence-corrected chi connectivity index (χ1v) is 6.56. The molecule has 2 aromatic carbocycles. The Hall–Kier alpha value is -2.36. The van der Waals surface area contributed by atoms with Crippen molar-refractivity contribution < 1.29 is 9.18 Å². The normalized spacial score (nSPS) is 13.9. The number of benzene rings is 2. The molecular weight excluding hydrogens is 255 g/mol. The third-order valence-corrected chi connectivity index (χ3v) is 3.66. The molecule has 0 atom stereocenters. The molecule has 3 nitrogen and oxygen atoms in total. The molecule has 0 aliphatic carbocycles. The molecule has 0 fully saturated rings. The molecule has 102 valence electrons. The first-order chi connectivity index (χ1) is 9.65. The zero-order chi connectivity index (χ0) is 14.1. The Morgan fingerprint density at radius 2 is 1.90 bits per heavy atom. The topological polar surface area (TPSA) is 46.3 Å². The van der Waals surface area contributed by atoms with E-state index < -0.39 is 5.82 Å². The summed E-state index contributed by atoms with van der Waals surface area (Å²) in [6.07, 6.45) is 0.846. The van der Waals surface area contributed by atoms with E-state index in [1.807, 2.05) is 18.2 Å². The molecule has 1 amide bonds. The van der Waals surface area contributed by atoms with Crippen LogP contribution in [0.15, 0.2) is 42.5 Å². The highest BCUT2D eigenvalue weighted by atomic mass is 19.1. The third-order valence-electron chi connectivity index (χ3n) is 3.66. The van der Waals surface area contributed by atoms with E-state index in [-0.39, 0.29) is 11.6 Å². The van der Waals surface area contributed by atoms with Crippen LogP contribution in [0.1, 0.15) is 21.5 Å². The Bertz CT molecular complexity index is 669. The molecule has 1 aliphatic rings. The minimum atomic E-state index is -0.495. The number of nitrogen functional groups attached to an aromatic ring is 1. The molecule has 0 saturated carbocycles. The number of hydrogen-bond donors (Lipinski definition) is 1. The van der Waals surface area contributed by atoms with Gasteiger partial charge in [-0.2, -0.15) is 0 Å². The molecule has 20 heavy (non-hydrogen) atoms. The van der Waals surface area contributed by atoms with E-state index in [4.69, 9.17) is 5.73 Å². The number of amides is 1. The number of anilines is 1. The van der Waals surface area contributed by atoms with Crippen LogP contribution in [-0.2, 0) is 13.0 Å². The van der Waals surface area contributed by atoms with Gasteiger partial charge in [0.05, 0.1) is 5.69 Å². The van der Waals surface area contributed by atoms with E-state index in [0.717, 1.165) is 6.42 Å². The number of carbonyl (C=O) groups excluding carboxylic acids is 1. The molecule has 2 N–H and O–H groups in total. The molecule has 0 bridgehead atoms. The van der Waals surface area contributed by atoms with Crippen LogP contribution in [0, 0.1) is 5.82 Å². The van der Waals surface area contributed by atoms with Gasteiger partial charge in [-0.1, -0.05) is 24.3 Å². The minimum absolute atomic E-state index is 0.00765. The number of hydrogen-bond acceptors (Lipinski definition) is 2. The summed E-state index contributed by atoms with van der Waals surface area (Å²) in [5.41, 5.74) is 8.42. The van der Waals surface area contributed by atoms with Gasteiger partial charge in [0, 0.05) is 18.7 Å². The molecule has 0 saturated heterocycles. The molecule has 4 heteroatoms. The van der Waals surface area contributed by atoms with Gasteiger partial charge in [-0.05, 0) is 35.7 Å². The first-order valence-electron chi connectivity index (χ1n) is 6.56. The smallest absolute Gasteiger partial charge is 0.254 e. The molecule has 2 aromatic rings. The van der Waals surface area contributed by atoms with Crippen molar-refractivity contribution in [2.45, 2.75) is 13.0 Å². The summed E-state index contributed by atoms with van der Waals surface area (Å²) in [5.74, 6) is -0.600. The largest absolute Gasteiger partial charge is 0.396 e. The van der Waals surface area contributed by atoms with Crippen molar-refractivity contribution in [3.63, 3.8) is 0 Å². The van der Waals surface area contributed by atoms with E-state index in [0.29, 0.717) is 18.7 Å². The van der Waals surface area contributed by atoms with Gasteiger partial charge in [0.2, 0.25) is 0 Å². The molecule has 0 spiro atoms. The van der Waals surface area contributed by atoms with Crippen LogP contribution in [0.2, 0.25) is 0 Å². The highest BCUT2D eigenvalue weighted by Gasteiger charge is 2.21. The second kappa shape index (κ2) is 4.96. The predicted octanol–water partition coefficient (Wildman–Crippen LogP) is 2.61. The summed E-state index contributed by atoms with van der Waals surface area (Å²) < 4.78 is 13.2. The molecule has 0 aromatic heterocycles. The number of fused-ring (bicyclic) bond motifs is 1. The van der Waals surface area contributed by atoms with Crippen molar-refractivity contribution >= 4 is 11.6 Å². The number of halogens is 1. The maximum absolute atomic E-state index is 13.2. The van der Waals surface area contributed by atoms with Gasteiger partial charge in [0.25, 0.3) is 5.91 Å². The van der Waals surface area contributed by atoms with Gasteiger partial charge in [-0.15, -0.1) is 0 Å². The van der Waals surface area contributed by atoms with Crippen LogP contribution in [-0.4, -0.2) is 17.4 Å². The molecule has 1 heterocycles. The van der Waals surface area contributed by atoms with E-state index in [9.17, 15) is 9.18 Å². The van der Waals surface area contributed by atoms with Crippen molar-refractivity contribution in [3.05, 3.63) is 65.0 Å². The van der Waals surface area contributed by atoms with Crippen molar-refractivity contribution in [1.82, 2.24) is 4.90 Å². The van der Waals surface area contributed by atoms with Crippen LogP contribution in [0.25, 0.3) is 0 Å². The summed E-state index contributed by atoms with van der Waals surface area (Å²) >= 11 is 0. The Kier molecular flexibility index (Phi) is 3.14. The number of carbonyl (C=O) groups is 1. The van der Waals surface area contributed by atoms with Gasteiger partial charge < -0.3 is 10.6 Å². The van der Waals surface area contributed by atoms with Crippen LogP contribution in [0.5, 0.6) is 0 Å². The molecule has 1 aliphatic heterocycles. The summed E-state index contributed by atoms with van der Waals surface area (Å²) in [4.78, 5) is 14.2. The van der Waals surface area contributed by atoms with Crippen molar-refractivity contribution in [1.29, 1.82) is 0 Å². The maximum Gasteiger partial charge on any atom is 0.254 e. The maximum atomic E-state index is 13.2. The number of nitrogens with zero attached hydrogens (tertiary/aromatic N) is 1. The van der Waals surface area contributed by atoms with Crippen LogP contribution in [0.4, 0.5) is 10.1 Å². The number of rotatable bonds is 1. The Morgan fingerprint density at radius 3 is 2.65 bits per heavy atom. The van der Waals surface area contributed by atoms with Gasteiger partial charge in [0.1, 0.15) is 5.82 Å². The monoisotopic (exact) mass is 270 g/mol. The lowest BCUT2D eigenvalue weighted by Crippen LogP contribution is -2.35. The fraction of sp³-hybridized carbons (Fsp3) is 0.188. The fourth-order valence-corrected chi connectivity index (χ4v) is 2.53. The molecule has 0 radical (unpaired) electrons. The summed E-state index contributed by atoms with van der Waals surface area (Å²) in [5, 5.41) is 0. The minimum Gasteiger partial charge on any atom is -0.396 e.